The minimum absolute atomic E-state index is 0.194. The Hall–Kier alpha value is -2.32. The van der Waals surface area contributed by atoms with Crippen molar-refractivity contribution in [3.05, 3.63) is 69.7 Å². The highest BCUT2D eigenvalue weighted by Gasteiger charge is 2.24. The van der Waals surface area contributed by atoms with E-state index in [0.717, 1.165) is 61.9 Å². The summed E-state index contributed by atoms with van der Waals surface area (Å²) >= 11 is 1.74. The number of benzene rings is 1. The van der Waals surface area contributed by atoms with E-state index in [2.05, 4.69) is 39.1 Å². The number of hydrogen-bond donors (Lipinski definition) is 0. The summed E-state index contributed by atoms with van der Waals surface area (Å²) in [6.45, 7) is 2.88. The van der Waals surface area contributed by atoms with Gasteiger partial charge in [0, 0.05) is 23.8 Å². The van der Waals surface area contributed by atoms with Gasteiger partial charge in [-0.3, -0.25) is 15.1 Å². The van der Waals surface area contributed by atoms with Crippen molar-refractivity contribution in [2.24, 2.45) is 10.9 Å². The van der Waals surface area contributed by atoms with Crippen LogP contribution in [0.3, 0.4) is 0 Å². The minimum Gasteiger partial charge on any atom is -0.464 e. The van der Waals surface area contributed by atoms with Crippen LogP contribution in [0.2, 0.25) is 0 Å². The Morgan fingerprint density at radius 2 is 1.91 bits per heavy atom. The van der Waals surface area contributed by atoms with Gasteiger partial charge in [-0.1, -0.05) is 30.3 Å². The predicted octanol–water partition coefficient (Wildman–Crippen LogP) is 4.20. The summed E-state index contributed by atoms with van der Waals surface area (Å²) in [5.74, 6) is 4.79. The number of nitrogens with zero attached hydrogens (tertiary/aromatic N) is 4. The van der Waals surface area contributed by atoms with E-state index in [1.54, 1.807) is 11.8 Å². The number of furan rings is 1. The highest BCUT2D eigenvalue weighted by Crippen LogP contribution is 2.22. The predicted molar refractivity (Wildman–Crippen MR) is 131 cm³/mol. The van der Waals surface area contributed by atoms with Gasteiger partial charge < -0.3 is 14.2 Å². The molecule has 1 aliphatic rings. The maximum atomic E-state index is 11.2. The number of nitro groups is 1. The van der Waals surface area contributed by atoms with Crippen LogP contribution in [0.25, 0.3) is 0 Å². The van der Waals surface area contributed by atoms with Gasteiger partial charge in [0.25, 0.3) is 6.54 Å². The van der Waals surface area contributed by atoms with Gasteiger partial charge in [0.05, 0.1) is 18.8 Å². The Labute approximate surface area is 195 Å². The molecule has 1 fully saturated rings. The number of amidine groups is 1. The molecule has 174 valence electrons. The molecule has 0 saturated carbocycles. The van der Waals surface area contributed by atoms with E-state index in [1.807, 2.05) is 32.3 Å². The number of likely N-dealkylation sites (tertiary alicyclic amines) is 1. The minimum atomic E-state index is -0.267. The van der Waals surface area contributed by atoms with E-state index < -0.39 is 0 Å². The van der Waals surface area contributed by atoms with Crippen LogP contribution in [0, 0.1) is 16.0 Å². The third kappa shape index (κ3) is 8.31. The highest BCUT2D eigenvalue weighted by atomic mass is 32.2. The van der Waals surface area contributed by atoms with E-state index >= 15 is 0 Å². The fraction of sp³-hybridized carbons (Fsp3) is 0.542. The lowest BCUT2D eigenvalue weighted by Gasteiger charge is -2.33. The molecule has 1 aromatic carbocycles. The van der Waals surface area contributed by atoms with E-state index in [9.17, 15) is 10.1 Å². The topological polar surface area (TPSA) is 75.1 Å². The summed E-state index contributed by atoms with van der Waals surface area (Å²) in [6, 6.07) is 14.6. The molecular weight excluding hydrogens is 424 g/mol. The molecule has 2 heterocycles. The zero-order chi connectivity index (χ0) is 22.8. The molecule has 32 heavy (non-hydrogen) atoms. The fourth-order valence-corrected chi connectivity index (χ4v) is 4.74. The van der Waals surface area contributed by atoms with Crippen molar-refractivity contribution in [3.63, 3.8) is 0 Å². The molecule has 0 radical (unpaired) electrons. The Kier molecular flexibility index (Phi) is 9.62. The first-order valence-electron chi connectivity index (χ1n) is 11.2. The Balaban J connectivity index is 1.43. The lowest BCUT2D eigenvalue weighted by molar-refractivity contribution is -0.464. The number of rotatable bonds is 11. The van der Waals surface area contributed by atoms with Crippen LogP contribution in [0.15, 0.2) is 51.9 Å². The van der Waals surface area contributed by atoms with E-state index in [0.29, 0.717) is 18.3 Å². The summed E-state index contributed by atoms with van der Waals surface area (Å²) in [4.78, 5) is 19.7. The molecular formula is C24H34N4O3S. The molecule has 0 unspecified atom stereocenters. The van der Waals surface area contributed by atoms with Crippen LogP contribution >= 0.6 is 11.8 Å². The van der Waals surface area contributed by atoms with Gasteiger partial charge in [-0.15, -0.1) is 0 Å². The Morgan fingerprint density at radius 1 is 1.19 bits per heavy atom. The van der Waals surface area contributed by atoms with Crippen molar-refractivity contribution in [2.75, 3.05) is 46.0 Å². The SMILES string of the molecule is CN(C)Cc1ccc(CSCCN=C(C[N+](=O)[O-])N2CCC(Cc3ccccc3)CC2)o1. The third-order valence-electron chi connectivity index (χ3n) is 5.58. The monoisotopic (exact) mass is 458 g/mol. The molecule has 0 N–H and O–H groups in total. The lowest BCUT2D eigenvalue weighted by Crippen LogP contribution is -2.42. The fourth-order valence-electron chi connectivity index (χ4n) is 4.02. The van der Waals surface area contributed by atoms with Gasteiger partial charge in [-0.2, -0.15) is 11.8 Å². The molecule has 0 bridgehead atoms. The van der Waals surface area contributed by atoms with Gasteiger partial charge in [-0.25, -0.2) is 0 Å². The molecule has 1 saturated heterocycles. The van der Waals surface area contributed by atoms with Gasteiger partial charge >= 0.3 is 0 Å². The second kappa shape index (κ2) is 12.6. The first-order chi connectivity index (χ1) is 15.5. The van der Waals surface area contributed by atoms with Crippen molar-refractivity contribution < 1.29 is 9.34 Å². The average molecular weight is 459 g/mol. The maximum Gasteiger partial charge on any atom is 0.260 e. The highest BCUT2D eigenvalue weighted by molar-refractivity contribution is 7.98. The number of aliphatic imine (C=N–C) groups is 1. The number of piperidine rings is 1. The van der Waals surface area contributed by atoms with E-state index in [1.165, 1.54) is 5.56 Å². The molecule has 1 aliphatic heterocycles. The summed E-state index contributed by atoms with van der Waals surface area (Å²) in [5, 5.41) is 11.2. The quantitative estimate of drug-likeness (QED) is 0.165. The van der Waals surface area contributed by atoms with Crippen molar-refractivity contribution in [1.29, 1.82) is 0 Å². The zero-order valence-corrected chi connectivity index (χ0v) is 19.9. The van der Waals surface area contributed by atoms with Crippen LogP contribution in [-0.2, 0) is 18.7 Å². The second-order valence-electron chi connectivity index (χ2n) is 8.57. The van der Waals surface area contributed by atoms with Gasteiger partial charge in [-0.05, 0) is 57.0 Å². The van der Waals surface area contributed by atoms with Crippen LogP contribution in [0.4, 0.5) is 0 Å². The van der Waals surface area contributed by atoms with E-state index in [-0.39, 0.29) is 11.5 Å². The Morgan fingerprint density at radius 3 is 2.59 bits per heavy atom. The van der Waals surface area contributed by atoms with Crippen molar-refractivity contribution in [2.45, 2.75) is 31.6 Å². The first-order valence-corrected chi connectivity index (χ1v) is 12.4. The van der Waals surface area contributed by atoms with Gasteiger partial charge in [0.2, 0.25) is 0 Å². The molecule has 3 rings (SSSR count). The molecule has 0 aliphatic carbocycles. The molecule has 0 atom stereocenters. The third-order valence-corrected chi connectivity index (χ3v) is 6.54. The summed E-state index contributed by atoms with van der Waals surface area (Å²) in [6.07, 6.45) is 3.18. The summed E-state index contributed by atoms with van der Waals surface area (Å²) in [7, 11) is 4.03. The second-order valence-corrected chi connectivity index (χ2v) is 9.67. The normalized spacial score (nSPS) is 15.5. The van der Waals surface area contributed by atoms with Crippen molar-refractivity contribution in [1.82, 2.24) is 9.80 Å². The molecule has 0 spiro atoms. The van der Waals surface area contributed by atoms with Crippen LogP contribution in [-0.4, -0.2) is 66.6 Å². The molecule has 7 nitrogen and oxygen atoms in total. The molecule has 1 aromatic heterocycles. The largest absolute Gasteiger partial charge is 0.464 e. The summed E-state index contributed by atoms with van der Waals surface area (Å²) in [5.41, 5.74) is 1.37. The van der Waals surface area contributed by atoms with Crippen molar-refractivity contribution >= 4 is 17.6 Å². The smallest absolute Gasteiger partial charge is 0.260 e. The maximum absolute atomic E-state index is 11.2. The first kappa shape index (κ1) is 24.3. The van der Waals surface area contributed by atoms with E-state index in [4.69, 9.17) is 4.42 Å². The lowest BCUT2D eigenvalue weighted by atomic mass is 9.90. The van der Waals surface area contributed by atoms with Crippen LogP contribution < -0.4 is 0 Å². The molecule has 0 amide bonds. The number of hydrogen-bond acceptors (Lipinski definition) is 6. The summed E-state index contributed by atoms with van der Waals surface area (Å²) < 4.78 is 5.83. The Bertz CT molecular complexity index is 861. The zero-order valence-electron chi connectivity index (χ0n) is 19.1. The van der Waals surface area contributed by atoms with Gasteiger partial charge in [0.1, 0.15) is 11.5 Å². The average Bonchev–Trinajstić information content (AvgIpc) is 3.20. The molecule has 8 heteroatoms. The van der Waals surface area contributed by atoms with Crippen LogP contribution in [0.1, 0.15) is 29.9 Å². The van der Waals surface area contributed by atoms with Crippen molar-refractivity contribution in [3.8, 4) is 0 Å². The molecule has 2 aromatic rings. The standard InChI is InChI=1S/C24H34N4O3S/c1-26(2)17-22-8-9-23(31-22)19-32-15-12-25-24(18-28(29)30)27-13-10-21(11-14-27)16-20-6-4-3-5-7-20/h3-9,21H,10-19H2,1-2H3. The van der Waals surface area contributed by atoms with Gasteiger partial charge in [0.15, 0.2) is 5.84 Å². The number of thioether (sulfide) groups is 1. The van der Waals surface area contributed by atoms with Crippen LogP contribution in [0.5, 0.6) is 0 Å².